The van der Waals surface area contributed by atoms with Gasteiger partial charge in [-0.05, 0) is 50.6 Å². The number of rotatable bonds is 7. The van der Waals surface area contributed by atoms with E-state index in [-0.39, 0.29) is 28.9 Å². The molecule has 2 N–H and O–H groups in total. The fourth-order valence-electron chi connectivity index (χ4n) is 3.47. The van der Waals surface area contributed by atoms with E-state index in [0.717, 1.165) is 38.9 Å². The quantitative estimate of drug-likeness (QED) is 0.764. The Morgan fingerprint density at radius 3 is 3.04 bits per heavy atom. The number of nitrogens with zero attached hydrogens (tertiary/aromatic N) is 2. The molecule has 1 atom stereocenters. The first-order chi connectivity index (χ1) is 13.0. The normalized spacial score (nSPS) is 17.7. The highest BCUT2D eigenvalue weighted by Crippen LogP contribution is 2.33. The number of carboxylic acid groups (broad SMARTS) is 1. The van der Waals surface area contributed by atoms with E-state index in [4.69, 9.17) is 9.26 Å². The summed E-state index contributed by atoms with van der Waals surface area (Å²) in [6, 6.07) is 4.15. The van der Waals surface area contributed by atoms with Gasteiger partial charge in [-0.3, -0.25) is 0 Å². The largest absolute Gasteiger partial charge is 0.494 e. The second-order valence-electron chi connectivity index (χ2n) is 6.67. The number of piperidine rings is 1. The first-order valence-corrected chi connectivity index (χ1v) is 9.09. The Balaban J connectivity index is 1.87. The molecule has 2 heterocycles. The first kappa shape index (κ1) is 19.2. The Labute approximate surface area is 157 Å². The maximum atomic E-state index is 13.7. The van der Waals surface area contributed by atoms with E-state index < -0.39 is 11.8 Å². The third kappa shape index (κ3) is 4.21. The van der Waals surface area contributed by atoms with Gasteiger partial charge in [-0.15, -0.1) is 0 Å². The number of anilines is 1. The summed E-state index contributed by atoms with van der Waals surface area (Å²) < 4.78 is 23.9. The molecule has 1 aromatic heterocycles. The van der Waals surface area contributed by atoms with E-state index >= 15 is 0 Å². The summed E-state index contributed by atoms with van der Waals surface area (Å²) in [6.45, 7) is 5.04. The van der Waals surface area contributed by atoms with E-state index in [1.165, 1.54) is 25.3 Å². The lowest BCUT2D eigenvalue weighted by Gasteiger charge is -2.32. The van der Waals surface area contributed by atoms with Crippen molar-refractivity contribution in [1.29, 1.82) is 0 Å². The zero-order chi connectivity index (χ0) is 19.4. The molecule has 0 aliphatic carbocycles. The molecular formula is C19H24FN3O4. The van der Waals surface area contributed by atoms with Crippen molar-refractivity contribution < 1.29 is 23.6 Å². The minimum absolute atomic E-state index is 0.0113. The number of carboxylic acids is 1. The lowest BCUT2D eigenvalue weighted by Crippen LogP contribution is -2.42. The maximum Gasteiger partial charge on any atom is 0.343 e. The van der Waals surface area contributed by atoms with Gasteiger partial charge in [0.15, 0.2) is 28.7 Å². The lowest BCUT2D eigenvalue weighted by molar-refractivity contribution is 0.0698. The molecule has 0 saturated carbocycles. The van der Waals surface area contributed by atoms with Crippen LogP contribution in [0.2, 0.25) is 0 Å². The van der Waals surface area contributed by atoms with E-state index in [1.807, 2.05) is 0 Å². The second-order valence-corrected chi connectivity index (χ2v) is 6.67. The third-order valence-corrected chi connectivity index (χ3v) is 4.71. The number of nitrogens with one attached hydrogen (secondary N) is 1. The number of hydrogen-bond acceptors (Lipinski definition) is 6. The average molecular weight is 377 g/mol. The highest BCUT2D eigenvalue weighted by Gasteiger charge is 2.27. The van der Waals surface area contributed by atoms with E-state index in [2.05, 4.69) is 22.3 Å². The molecule has 8 heteroatoms. The minimum atomic E-state index is -1.15. The number of carbonyl (C=O) groups is 1. The number of ether oxygens (including phenoxy) is 1. The monoisotopic (exact) mass is 377 g/mol. The van der Waals surface area contributed by atoms with Crippen molar-refractivity contribution in [3.63, 3.8) is 0 Å². The summed E-state index contributed by atoms with van der Waals surface area (Å²) in [7, 11) is 1.35. The van der Waals surface area contributed by atoms with Crippen LogP contribution in [0.5, 0.6) is 5.75 Å². The van der Waals surface area contributed by atoms with Crippen LogP contribution < -0.4 is 10.1 Å². The van der Waals surface area contributed by atoms with Crippen molar-refractivity contribution in [3.05, 3.63) is 29.6 Å². The molecule has 27 heavy (non-hydrogen) atoms. The molecule has 1 saturated heterocycles. The van der Waals surface area contributed by atoms with Gasteiger partial charge < -0.3 is 24.6 Å². The number of methoxy groups -OCH3 is 1. The molecule has 7 nitrogen and oxygen atoms in total. The number of benzene rings is 1. The fraction of sp³-hybridized carbons (Fsp3) is 0.474. The summed E-state index contributed by atoms with van der Waals surface area (Å²) >= 11 is 0. The topological polar surface area (TPSA) is 87.8 Å². The van der Waals surface area contributed by atoms with Gasteiger partial charge in [0, 0.05) is 18.2 Å². The molecule has 0 bridgehead atoms. The van der Waals surface area contributed by atoms with E-state index in [0.29, 0.717) is 5.56 Å². The van der Waals surface area contributed by atoms with Gasteiger partial charge in [-0.25, -0.2) is 9.18 Å². The second kappa shape index (κ2) is 8.39. The van der Waals surface area contributed by atoms with Crippen LogP contribution in [0.15, 0.2) is 22.7 Å². The van der Waals surface area contributed by atoms with Crippen LogP contribution in [0.25, 0.3) is 11.3 Å². The Kier molecular flexibility index (Phi) is 5.95. The van der Waals surface area contributed by atoms with Crippen LogP contribution >= 0.6 is 0 Å². The highest BCUT2D eigenvalue weighted by molar-refractivity contribution is 5.99. The first-order valence-electron chi connectivity index (χ1n) is 9.09. The van der Waals surface area contributed by atoms with Gasteiger partial charge in [0.25, 0.3) is 0 Å². The fourth-order valence-corrected chi connectivity index (χ4v) is 3.47. The number of hydrogen-bond donors (Lipinski definition) is 2. The van der Waals surface area contributed by atoms with Gasteiger partial charge >= 0.3 is 5.97 Å². The third-order valence-electron chi connectivity index (χ3n) is 4.71. The van der Waals surface area contributed by atoms with Gasteiger partial charge in [-0.2, -0.15) is 0 Å². The molecule has 1 fully saturated rings. The van der Waals surface area contributed by atoms with E-state index in [9.17, 15) is 14.3 Å². The van der Waals surface area contributed by atoms with Crippen molar-refractivity contribution in [3.8, 4) is 17.1 Å². The minimum Gasteiger partial charge on any atom is -0.494 e. The van der Waals surface area contributed by atoms with Crippen LogP contribution in [0.3, 0.4) is 0 Å². The van der Waals surface area contributed by atoms with Crippen molar-refractivity contribution in [1.82, 2.24) is 10.1 Å². The number of aromatic nitrogens is 1. The van der Waals surface area contributed by atoms with Crippen LogP contribution in [0, 0.1) is 5.82 Å². The molecule has 1 aromatic carbocycles. The molecule has 1 aliphatic heterocycles. The van der Waals surface area contributed by atoms with Crippen LogP contribution in [-0.2, 0) is 0 Å². The number of likely N-dealkylation sites (tertiary alicyclic amines) is 1. The molecule has 1 unspecified atom stereocenters. The summed E-state index contributed by atoms with van der Waals surface area (Å²) in [5, 5.41) is 16.8. The molecule has 0 spiro atoms. The van der Waals surface area contributed by atoms with Crippen LogP contribution in [0.1, 0.15) is 36.5 Å². The summed E-state index contributed by atoms with van der Waals surface area (Å²) in [5.41, 5.74) is 0.332. The smallest absolute Gasteiger partial charge is 0.343 e. The van der Waals surface area contributed by atoms with Gasteiger partial charge in [0.2, 0.25) is 0 Å². The Hall–Kier alpha value is -2.61. The molecule has 0 radical (unpaired) electrons. The van der Waals surface area contributed by atoms with Crippen molar-refractivity contribution in [2.24, 2.45) is 0 Å². The summed E-state index contributed by atoms with van der Waals surface area (Å²) in [6.07, 6.45) is 3.05. The molecular weight excluding hydrogens is 353 g/mol. The Morgan fingerprint density at radius 1 is 1.52 bits per heavy atom. The van der Waals surface area contributed by atoms with Gasteiger partial charge in [0.1, 0.15) is 0 Å². The molecule has 3 rings (SSSR count). The lowest BCUT2D eigenvalue weighted by atomic mass is 10.0. The zero-order valence-electron chi connectivity index (χ0n) is 15.5. The molecule has 0 amide bonds. The average Bonchev–Trinajstić information content (AvgIpc) is 3.06. The van der Waals surface area contributed by atoms with Crippen molar-refractivity contribution in [2.75, 3.05) is 32.1 Å². The SMILES string of the molecule is CCCN1CCCC(Nc2noc(-c3ccc(F)c(OC)c3)c2C(=O)O)C1. The standard InChI is InChI=1S/C19H24FN3O4/c1-3-8-23-9-4-5-13(11-23)21-18-16(19(24)25)17(27-22-18)12-6-7-14(20)15(10-12)26-2/h6-7,10,13H,3-5,8-9,11H2,1-2H3,(H,21,22)(H,24,25). The molecule has 2 aromatic rings. The molecule has 146 valence electrons. The predicted octanol–water partition coefficient (Wildman–Crippen LogP) is 3.47. The van der Waals surface area contributed by atoms with Crippen molar-refractivity contribution >= 4 is 11.8 Å². The summed E-state index contributed by atoms with van der Waals surface area (Å²) in [4.78, 5) is 14.2. The Morgan fingerprint density at radius 2 is 2.33 bits per heavy atom. The Bertz CT molecular complexity index is 806. The zero-order valence-corrected chi connectivity index (χ0v) is 15.5. The van der Waals surface area contributed by atoms with Crippen LogP contribution in [0.4, 0.5) is 10.2 Å². The van der Waals surface area contributed by atoms with E-state index in [1.54, 1.807) is 0 Å². The van der Waals surface area contributed by atoms with Gasteiger partial charge in [0.05, 0.1) is 7.11 Å². The highest BCUT2D eigenvalue weighted by atomic mass is 19.1. The maximum absolute atomic E-state index is 13.7. The predicted molar refractivity (Wildman–Crippen MR) is 98.8 cm³/mol. The van der Waals surface area contributed by atoms with Crippen molar-refractivity contribution in [2.45, 2.75) is 32.2 Å². The van der Waals surface area contributed by atoms with Crippen LogP contribution in [-0.4, -0.2) is 53.9 Å². The number of aromatic carboxylic acids is 1. The molecule has 1 aliphatic rings. The van der Waals surface area contributed by atoms with Gasteiger partial charge in [-0.1, -0.05) is 12.1 Å². The number of halogens is 1. The summed E-state index contributed by atoms with van der Waals surface area (Å²) in [5.74, 6) is -1.40.